The lowest BCUT2D eigenvalue weighted by molar-refractivity contribution is 0.0697. The van der Waals surface area contributed by atoms with Crippen molar-refractivity contribution in [2.45, 2.75) is 0 Å². The minimum atomic E-state index is -0.984. The minimum absolute atomic E-state index is 0.198. The van der Waals surface area contributed by atoms with Gasteiger partial charge in [-0.25, -0.2) is 4.79 Å². The predicted molar refractivity (Wildman–Crippen MR) is 95.4 cm³/mol. The first-order valence-electron chi connectivity index (χ1n) is 6.85. The molecule has 0 bridgehead atoms. The Kier molecular flexibility index (Phi) is 5.20. The van der Waals surface area contributed by atoms with Crippen LogP contribution >= 0.6 is 15.9 Å². The number of carboxylic acids is 1. The molecule has 0 saturated heterocycles. The van der Waals surface area contributed by atoms with E-state index in [1.54, 1.807) is 18.2 Å². The number of hydrogen-bond acceptors (Lipinski definition) is 3. The minimum Gasteiger partial charge on any atom is -0.478 e. The van der Waals surface area contributed by atoms with Crippen molar-refractivity contribution in [1.29, 1.82) is 5.26 Å². The first kappa shape index (κ1) is 16.8. The molecule has 2 aromatic carbocycles. The lowest BCUT2D eigenvalue weighted by atomic mass is 10.0. The molecule has 0 unspecified atom stereocenters. The molecule has 0 aliphatic carbocycles. The van der Waals surface area contributed by atoms with Gasteiger partial charge in [-0.2, -0.15) is 5.26 Å². The first-order chi connectivity index (χ1) is 10.9. The Morgan fingerprint density at radius 2 is 1.78 bits per heavy atom. The van der Waals surface area contributed by atoms with Gasteiger partial charge in [-0.15, -0.1) is 0 Å². The Labute approximate surface area is 143 Å². The van der Waals surface area contributed by atoms with Gasteiger partial charge in [-0.05, 0) is 57.4 Å². The largest absolute Gasteiger partial charge is 0.478 e. The lowest BCUT2D eigenvalue weighted by Gasteiger charge is -2.14. The van der Waals surface area contributed by atoms with E-state index in [4.69, 9.17) is 5.11 Å². The fourth-order valence-electron chi connectivity index (χ4n) is 2.11. The van der Waals surface area contributed by atoms with E-state index in [0.29, 0.717) is 11.1 Å². The van der Waals surface area contributed by atoms with Crippen LogP contribution in [0.2, 0.25) is 0 Å². The highest BCUT2D eigenvalue weighted by Crippen LogP contribution is 2.27. The van der Waals surface area contributed by atoms with Gasteiger partial charge in [-0.3, -0.25) is 0 Å². The molecule has 0 amide bonds. The number of carbonyl (C=O) groups is 1. The molecular formula is C18H15BrN2O2. The zero-order valence-corrected chi connectivity index (χ0v) is 14.3. The summed E-state index contributed by atoms with van der Waals surface area (Å²) in [6.07, 6.45) is 1.78. The molecule has 23 heavy (non-hydrogen) atoms. The number of anilines is 1. The monoisotopic (exact) mass is 370 g/mol. The average Bonchev–Trinajstić information content (AvgIpc) is 2.52. The molecule has 2 rings (SSSR count). The fourth-order valence-corrected chi connectivity index (χ4v) is 2.87. The van der Waals surface area contributed by atoms with E-state index in [0.717, 1.165) is 15.7 Å². The molecule has 0 fully saturated rings. The molecule has 4 nitrogen and oxygen atoms in total. The van der Waals surface area contributed by atoms with Crippen molar-refractivity contribution in [3.05, 3.63) is 63.6 Å². The van der Waals surface area contributed by atoms with Crippen molar-refractivity contribution in [3.8, 4) is 6.07 Å². The third-order valence-corrected chi connectivity index (χ3v) is 3.96. The van der Waals surface area contributed by atoms with Gasteiger partial charge in [-0.1, -0.05) is 18.2 Å². The fraction of sp³-hybridized carbons (Fsp3) is 0.111. The molecule has 0 spiro atoms. The predicted octanol–water partition coefficient (Wildman–Crippen LogP) is 4.28. The number of nitriles is 1. The van der Waals surface area contributed by atoms with Crippen LogP contribution < -0.4 is 4.90 Å². The summed E-state index contributed by atoms with van der Waals surface area (Å²) in [6.45, 7) is 0. The molecule has 0 aliphatic heterocycles. The topological polar surface area (TPSA) is 64.3 Å². The zero-order chi connectivity index (χ0) is 17.0. The second-order valence-electron chi connectivity index (χ2n) is 5.16. The number of carboxylic acid groups (broad SMARTS) is 1. The zero-order valence-electron chi connectivity index (χ0n) is 12.7. The van der Waals surface area contributed by atoms with Crippen molar-refractivity contribution in [1.82, 2.24) is 0 Å². The molecule has 0 aliphatic rings. The molecule has 0 saturated carbocycles. The maximum Gasteiger partial charge on any atom is 0.335 e. The summed E-state index contributed by atoms with van der Waals surface area (Å²) in [5.74, 6) is -0.984. The van der Waals surface area contributed by atoms with E-state index >= 15 is 0 Å². The maximum atomic E-state index is 10.9. The van der Waals surface area contributed by atoms with Gasteiger partial charge in [0.1, 0.15) is 0 Å². The molecule has 0 atom stereocenters. The molecule has 2 aromatic rings. The molecule has 0 aromatic heterocycles. The second-order valence-corrected chi connectivity index (χ2v) is 6.01. The van der Waals surface area contributed by atoms with Crippen LogP contribution in [0.1, 0.15) is 21.5 Å². The average molecular weight is 371 g/mol. The normalized spacial score (nSPS) is 11.0. The molecule has 116 valence electrons. The Bertz CT molecular complexity index is 803. The summed E-state index contributed by atoms with van der Waals surface area (Å²) in [6, 6.07) is 14.3. The van der Waals surface area contributed by atoms with Gasteiger partial charge < -0.3 is 10.0 Å². The number of nitrogens with zero attached hydrogens (tertiary/aromatic N) is 2. The molecular weight excluding hydrogens is 356 g/mol. The highest BCUT2D eigenvalue weighted by Gasteiger charge is 2.07. The maximum absolute atomic E-state index is 10.9. The number of hydrogen-bond donors (Lipinski definition) is 1. The highest BCUT2D eigenvalue weighted by atomic mass is 79.9. The van der Waals surface area contributed by atoms with Crippen molar-refractivity contribution in [3.63, 3.8) is 0 Å². The summed E-state index contributed by atoms with van der Waals surface area (Å²) >= 11 is 3.52. The van der Waals surface area contributed by atoms with E-state index in [2.05, 4.69) is 22.0 Å². The SMILES string of the molecule is CN(C)c1ccc(C=C(C#N)c2ccc(C(=O)O)cc2)cc1Br. The summed E-state index contributed by atoms with van der Waals surface area (Å²) in [5, 5.41) is 18.3. The molecule has 1 N–H and O–H groups in total. The van der Waals surface area contributed by atoms with E-state index < -0.39 is 5.97 Å². The molecule has 0 heterocycles. The third-order valence-electron chi connectivity index (χ3n) is 3.33. The van der Waals surface area contributed by atoms with E-state index in [-0.39, 0.29) is 5.56 Å². The summed E-state index contributed by atoms with van der Waals surface area (Å²) in [4.78, 5) is 12.9. The second kappa shape index (κ2) is 7.12. The van der Waals surface area contributed by atoms with Crippen molar-refractivity contribution in [2.75, 3.05) is 19.0 Å². The van der Waals surface area contributed by atoms with E-state index in [1.807, 2.05) is 37.2 Å². The Morgan fingerprint density at radius 1 is 1.17 bits per heavy atom. The van der Waals surface area contributed by atoms with Crippen LogP contribution in [0.4, 0.5) is 5.69 Å². The number of halogens is 1. The van der Waals surface area contributed by atoms with Crippen molar-refractivity contribution >= 4 is 39.2 Å². The lowest BCUT2D eigenvalue weighted by Crippen LogP contribution is -2.09. The quantitative estimate of drug-likeness (QED) is 0.644. The van der Waals surface area contributed by atoms with Gasteiger partial charge >= 0.3 is 5.97 Å². The smallest absolute Gasteiger partial charge is 0.335 e. The number of allylic oxidation sites excluding steroid dienone is 1. The Morgan fingerprint density at radius 3 is 2.26 bits per heavy atom. The standard InChI is InChI=1S/C18H15BrN2O2/c1-21(2)17-8-3-12(10-16(17)19)9-15(11-20)13-4-6-14(7-5-13)18(22)23/h3-10H,1-2H3,(H,22,23). The Hall–Kier alpha value is -2.58. The Balaban J connectivity index is 2.37. The van der Waals surface area contributed by atoms with Gasteiger partial charge in [0, 0.05) is 18.6 Å². The van der Waals surface area contributed by atoms with Crippen LogP contribution in [-0.2, 0) is 0 Å². The van der Waals surface area contributed by atoms with E-state index in [1.165, 1.54) is 12.1 Å². The third kappa shape index (κ3) is 3.99. The summed E-state index contributed by atoms with van der Waals surface area (Å²) < 4.78 is 0.940. The van der Waals surface area contributed by atoms with Crippen LogP contribution in [0.15, 0.2) is 46.9 Å². The van der Waals surface area contributed by atoms with Gasteiger partial charge in [0.05, 0.1) is 22.9 Å². The first-order valence-corrected chi connectivity index (χ1v) is 7.64. The van der Waals surface area contributed by atoms with Crippen LogP contribution in [0, 0.1) is 11.3 Å². The van der Waals surface area contributed by atoms with Crippen LogP contribution in [0.25, 0.3) is 11.6 Å². The summed E-state index contributed by atoms with van der Waals surface area (Å²) in [5.41, 5.74) is 3.30. The van der Waals surface area contributed by atoms with Crippen LogP contribution in [0.3, 0.4) is 0 Å². The van der Waals surface area contributed by atoms with Gasteiger partial charge in [0.15, 0.2) is 0 Å². The van der Waals surface area contributed by atoms with Gasteiger partial charge in [0.2, 0.25) is 0 Å². The number of rotatable bonds is 4. The van der Waals surface area contributed by atoms with E-state index in [9.17, 15) is 10.1 Å². The van der Waals surface area contributed by atoms with Crippen LogP contribution in [-0.4, -0.2) is 25.2 Å². The van der Waals surface area contributed by atoms with Crippen LogP contribution in [0.5, 0.6) is 0 Å². The molecule has 0 radical (unpaired) electrons. The number of benzene rings is 2. The van der Waals surface area contributed by atoms with Gasteiger partial charge in [0.25, 0.3) is 0 Å². The number of aromatic carboxylic acids is 1. The van der Waals surface area contributed by atoms with Crippen molar-refractivity contribution in [2.24, 2.45) is 0 Å². The summed E-state index contributed by atoms with van der Waals surface area (Å²) in [7, 11) is 3.92. The van der Waals surface area contributed by atoms with Crippen molar-refractivity contribution < 1.29 is 9.90 Å². The molecule has 5 heteroatoms. The highest BCUT2D eigenvalue weighted by molar-refractivity contribution is 9.10.